The maximum Gasteiger partial charge on any atom is 0.274 e. The number of anilines is 2. The molecule has 0 aliphatic rings. The molecule has 0 saturated carbocycles. The zero-order valence-corrected chi connectivity index (χ0v) is 11.9. The van der Waals surface area contributed by atoms with E-state index >= 15 is 0 Å². The van der Waals surface area contributed by atoms with Crippen LogP contribution in [0.2, 0.25) is 0 Å². The van der Waals surface area contributed by atoms with Crippen LogP contribution < -0.4 is 16.6 Å². The Morgan fingerprint density at radius 3 is 2.89 bits per heavy atom. The molecule has 19 heavy (non-hydrogen) atoms. The number of carbonyl (C=O) groups is 1. The first-order chi connectivity index (χ1) is 9.11. The van der Waals surface area contributed by atoms with Gasteiger partial charge in [-0.15, -0.1) is 0 Å². The van der Waals surface area contributed by atoms with Gasteiger partial charge in [-0.3, -0.25) is 15.6 Å². The second-order valence-corrected chi connectivity index (χ2v) is 4.76. The number of carbonyl (C=O) groups excluding carboxylic acids is 1. The van der Waals surface area contributed by atoms with Gasteiger partial charge < -0.3 is 10.7 Å². The van der Waals surface area contributed by atoms with Gasteiger partial charge in [0.25, 0.3) is 5.91 Å². The smallest absolute Gasteiger partial charge is 0.274 e. The lowest BCUT2D eigenvalue weighted by Gasteiger charge is -2.09. The fourth-order valence-corrected chi connectivity index (χ4v) is 1.94. The predicted molar refractivity (Wildman–Crippen MR) is 78.9 cm³/mol. The zero-order valence-electron chi connectivity index (χ0n) is 10.3. The van der Waals surface area contributed by atoms with Crippen LogP contribution in [0.5, 0.6) is 0 Å². The summed E-state index contributed by atoms with van der Waals surface area (Å²) in [4.78, 5) is 16.1. The van der Waals surface area contributed by atoms with E-state index in [2.05, 4.69) is 31.7 Å². The number of nitrogen functional groups attached to an aromatic ring is 1. The lowest BCUT2D eigenvalue weighted by Crippen LogP contribution is -2.15. The summed E-state index contributed by atoms with van der Waals surface area (Å²) in [7, 11) is 0. The predicted octanol–water partition coefficient (Wildman–Crippen LogP) is 2.69. The molecule has 0 unspecified atom stereocenters. The highest BCUT2D eigenvalue weighted by Crippen LogP contribution is 2.26. The molecule has 1 amide bonds. The van der Waals surface area contributed by atoms with Crippen LogP contribution in [0.15, 0.2) is 41.0 Å². The minimum atomic E-state index is -0.289. The Hall–Kier alpha value is -1.92. The summed E-state index contributed by atoms with van der Waals surface area (Å²) >= 11 is 3.44. The molecule has 0 aliphatic heterocycles. The number of rotatable bonds is 3. The molecule has 0 aliphatic carbocycles. The first-order valence-corrected chi connectivity index (χ1v) is 6.40. The molecule has 2 rings (SSSR count). The minimum Gasteiger partial charge on any atom is -0.324 e. The van der Waals surface area contributed by atoms with E-state index in [1.165, 1.54) is 6.20 Å². The largest absolute Gasteiger partial charge is 0.324 e. The van der Waals surface area contributed by atoms with Crippen molar-refractivity contribution in [2.45, 2.75) is 6.92 Å². The highest BCUT2D eigenvalue weighted by molar-refractivity contribution is 9.10. The quantitative estimate of drug-likeness (QED) is 0.600. The molecule has 5 nitrogen and oxygen atoms in total. The molecule has 0 atom stereocenters. The van der Waals surface area contributed by atoms with Gasteiger partial charge in [0.05, 0.1) is 11.4 Å². The third kappa shape index (κ3) is 3.10. The highest BCUT2D eigenvalue weighted by Gasteiger charge is 2.10. The van der Waals surface area contributed by atoms with Gasteiger partial charge in [-0.2, -0.15) is 0 Å². The second-order valence-electron chi connectivity index (χ2n) is 3.96. The van der Waals surface area contributed by atoms with Crippen LogP contribution in [0, 0.1) is 6.92 Å². The molecule has 0 spiro atoms. The van der Waals surface area contributed by atoms with Gasteiger partial charge in [0.1, 0.15) is 5.69 Å². The standard InChI is InChI=1S/C13H13BrN4O/c1-8-3-2-4-10(12(8)14)17-13(19)11-7-9(18-15)5-6-16-11/h2-7H,15H2,1H3,(H,16,18)(H,17,19). The first-order valence-electron chi connectivity index (χ1n) is 5.61. The molecule has 98 valence electrons. The number of halogens is 1. The van der Waals surface area contributed by atoms with Gasteiger partial charge >= 0.3 is 0 Å². The Bertz CT molecular complexity index is 615. The molecule has 0 radical (unpaired) electrons. The number of nitrogens with zero attached hydrogens (tertiary/aromatic N) is 1. The average molecular weight is 321 g/mol. The number of benzene rings is 1. The van der Waals surface area contributed by atoms with Crippen LogP contribution in [-0.2, 0) is 0 Å². The van der Waals surface area contributed by atoms with Crippen LogP contribution in [0.1, 0.15) is 16.1 Å². The molecule has 4 N–H and O–H groups in total. The van der Waals surface area contributed by atoms with Crippen molar-refractivity contribution in [1.29, 1.82) is 0 Å². The summed E-state index contributed by atoms with van der Waals surface area (Å²) < 4.78 is 0.858. The summed E-state index contributed by atoms with van der Waals surface area (Å²) in [6, 6.07) is 8.91. The van der Waals surface area contributed by atoms with E-state index < -0.39 is 0 Å². The number of hydrogen-bond donors (Lipinski definition) is 3. The number of aromatic nitrogens is 1. The van der Waals surface area contributed by atoms with Crippen LogP contribution in [0.25, 0.3) is 0 Å². The van der Waals surface area contributed by atoms with E-state index in [1.54, 1.807) is 12.1 Å². The summed E-state index contributed by atoms with van der Waals surface area (Å²) in [5.41, 5.74) is 5.15. The van der Waals surface area contributed by atoms with Crippen LogP contribution >= 0.6 is 15.9 Å². The monoisotopic (exact) mass is 320 g/mol. The maximum absolute atomic E-state index is 12.1. The molecular weight excluding hydrogens is 308 g/mol. The van der Waals surface area contributed by atoms with Crippen molar-refractivity contribution in [3.63, 3.8) is 0 Å². The van der Waals surface area contributed by atoms with Crippen molar-refractivity contribution in [3.8, 4) is 0 Å². The third-order valence-electron chi connectivity index (χ3n) is 2.60. The molecule has 0 fully saturated rings. The molecule has 0 saturated heterocycles. The molecule has 6 heteroatoms. The minimum absolute atomic E-state index is 0.289. The third-order valence-corrected chi connectivity index (χ3v) is 3.65. The fourth-order valence-electron chi connectivity index (χ4n) is 1.57. The van der Waals surface area contributed by atoms with Crippen LogP contribution in [-0.4, -0.2) is 10.9 Å². The molecular formula is C13H13BrN4O. The van der Waals surface area contributed by atoms with Crippen molar-refractivity contribution in [1.82, 2.24) is 4.98 Å². The van der Waals surface area contributed by atoms with Gasteiger partial charge in [-0.25, -0.2) is 0 Å². The first kappa shape index (κ1) is 13.5. The number of amides is 1. The topological polar surface area (TPSA) is 80.0 Å². The summed E-state index contributed by atoms with van der Waals surface area (Å²) in [5.74, 6) is 5.01. The summed E-state index contributed by atoms with van der Waals surface area (Å²) in [6.45, 7) is 1.96. The van der Waals surface area contributed by atoms with Gasteiger partial charge in [0, 0.05) is 10.7 Å². The zero-order chi connectivity index (χ0) is 13.8. The normalized spacial score (nSPS) is 10.1. The summed E-state index contributed by atoms with van der Waals surface area (Å²) in [5, 5.41) is 2.80. The molecule has 1 heterocycles. The van der Waals surface area contributed by atoms with E-state index in [-0.39, 0.29) is 5.91 Å². The molecule has 1 aromatic carbocycles. The Labute approximate surface area is 119 Å². The van der Waals surface area contributed by atoms with Gasteiger partial charge in [0.15, 0.2) is 0 Å². The number of aryl methyl sites for hydroxylation is 1. The Kier molecular flexibility index (Phi) is 4.13. The van der Waals surface area contributed by atoms with Gasteiger partial charge in [-0.1, -0.05) is 12.1 Å². The lowest BCUT2D eigenvalue weighted by atomic mass is 10.2. The number of pyridine rings is 1. The van der Waals surface area contributed by atoms with Crippen molar-refractivity contribution < 1.29 is 4.79 Å². The lowest BCUT2D eigenvalue weighted by molar-refractivity contribution is 0.102. The van der Waals surface area contributed by atoms with Crippen molar-refractivity contribution in [2.75, 3.05) is 10.7 Å². The maximum atomic E-state index is 12.1. The Morgan fingerprint density at radius 2 is 2.16 bits per heavy atom. The van der Waals surface area contributed by atoms with E-state index in [4.69, 9.17) is 5.84 Å². The van der Waals surface area contributed by atoms with Crippen molar-refractivity contribution in [3.05, 3.63) is 52.3 Å². The fraction of sp³-hybridized carbons (Fsp3) is 0.0769. The van der Waals surface area contributed by atoms with E-state index in [0.717, 1.165) is 10.0 Å². The van der Waals surface area contributed by atoms with Crippen LogP contribution in [0.4, 0.5) is 11.4 Å². The SMILES string of the molecule is Cc1cccc(NC(=O)c2cc(NN)ccn2)c1Br. The number of hydrogen-bond acceptors (Lipinski definition) is 4. The second kappa shape index (κ2) is 5.81. The van der Waals surface area contributed by atoms with Gasteiger partial charge in [0.2, 0.25) is 0 Å². The van der Waals surface area contributed by atoms with Crippen molar-refractivity contribution >= 4 is 33.2 Å². The number of nitrogens with two attached hydrogens (primary N) is 1. The average Bonchev–Trinajstić information content (AvgIpc) is 2.44. The van der Waals surface area contributed by atoms with E-state index in [9.17, 15) is 4.79 Å². The molecule has 1 aromatic heterocycles. The summed E-state index contributed by atoms with van der Waals surface area (Å²) in [6.07, 6.45) is 1.52. The Morgan fingerprint density at radius 1 is 1.37 bits per heavy atom. The number of hydrazine groups is 1. The highest BCUT2D eigenvalue weighted by atomic mass is 79.9. The van der Waals surface area contributed by atoms with E-state index in [0.29, 0.717) is 17.1 Å². The Balaban J connectivity index is 2.23. The molecule has 2 aromatic rings. The van der Waals surface area contributed by atoms with E-state index in [1.807, 2.05) is 25.1 Å². The van der Waals surface area contributed by atoms with Crippen molar-refractivity contribution in [2.24, 2.45) is 5.84 Å². The van der Waals surface area contributed by atoms with Crippen LogP contribution in [0.3, 0.4) is 0 Å². The number of nitrogens with one attached hydrogen (secondary N) is 2. The van der Waals surface area contributed by atoms with Gasteiger partial charge in [-0.05, 0) is 46.6 Å². The molecule has 0 bridgehead atoms.